The Kier molecular flexibility index (Phi) is 3.43. The average Bonchev–Trinajstić information content (AvgIpc) is 2.29. The smallest absolute Gasteiger partial charge is 0.145 e. The van der Waals surface area contributed by atoms with Gasteiger partial charge in [0.05, 0.1) is 18.0 Å². The molecule has 2 aromatic rings. The minimum atomic E-state index is 0.301. The Morgan fingerprint density at radius 2 is 2.06 bits per heavy atom. The van der Waals surface area contributed by atoms with Crippen molar-refractivity contribution in [2.24, 2.45) is 0 Å². The van der Waals surface area contributed by atoms with Crippen molar-refractivity contribution in [2.75, 3.05) is 7.11 Å². The van der Waals surface area contributed by atoms with Gasteiger partial charge in [-0.05, 0) is 18.2 Å². The number of alkyl halides is 1. The molecule has 0 N–H and O–H groups in total. The predicted octanol–water partition coefficient (Wildman–Crippen LogP) is 4.29. The summed E-state index contributed by atoms with van der Waals surface area (Å²) in [5, 5.41) is 1.77. The van der Waals surface area contributed by atoms with Crippen LogP contribution in [0.4, 0.5) is 0 Å². The molecule has 0 bridgehead atoms. The van der Waals surface area contributed by atoms with Gasteiger partial charge >= 0.3 is 0 Å². The fourth-order valence-corrected chi connectivity index (χ4v) is 2.16. The Morgan fingerprint density at radius 1 is 1.31 bits per heavy atom. The van der Waals surface area contributed by atoms with Gasteiger partial charge in [-0.25, -0.2) is 4.98 Å². The lowest BCUT2D eigenvalue weighted by Gasteiger charge is -2.08. The molecular formula is C11H8Cl3NO. The van der Waals surface area contributed by atoms with Gasteiger partial charge in [-0.15, -0.1) is 11.6 Å². The highest BCUT2D eigenvalue weighted by molar-refractivity contribution is 6.36. The van der Waals surface area contributed by atoms with E-state index in [1.54, 1.807) is 19.2 Å². The van der Waals surface area contributed by atoms with Crippen molar-refractivity contribution in [3.05, 3.63) is 33.9 Å². The second-order valence-electron chi connectivity index (χ2n) is 3.22. The van der Waals surface area contributed by atoms with Crippen LogP contribution in [0.1, 0.15) is 5.56 Å². The number of pyridine rings is 1. The van der Waals surface area contributed by atoms with E-state index >= 15 is 0 Å². The number of fused-ring (bicyclic) bond motifs is 1. The van der Waals surface area contributed by atoms with Crippen LogP contribution < -0.4 is 4.74 Å². The van der Waals surface area contributed by atoms with E-state index in [0.29, 0.717) is 27.3 Å². The van der Waals surface area contributed by atoms with Gasteiger partial charge < -0.3 is 4.74 Å². The molecule has 5 heteroatoms. The van der Waals surface area contributed by atoms with Crippen LogP contribution in [0.15, 0.2) is 18.2 Å². The van der Waals surface area contributed by atoms with Crippen LogP contribution in [0.5, 0.6) is 5.75 Å². The fourth-order valence-electron chi connectivity index (χ4n) is 1.48. The number of aromatic nitrogens is 1. The standard InChI is InChI=1S/C11H8Cl3NO/c1-16-9-3-2-8(13)7-4-6(5-12)11(14)15-10(7)9/h2-4H,5H2,1H3. The number of rotatable bonds is 2. The van der Waals surface area contributed by atoms with Crippen molar-refractivity contribution in [2.45, 2.75) is 5.88 Å². The Morgan fingerprint density at radius 3 is 2.69 bits per heavy atom. The highest BCUT2D eigenvalue weighted by Crippen LogP contribution is 2.33. The lowest BCUT2D eigenvalue weighted by Crippen LogP contribution is -1.92. The molecule has 2 rings (SSSR count). The van der Waals surface area contributed by atoms with Crippen molar-refractivity contribution in [3.63, 3.8) is 0 Å². The fraction of sp³-hybridized carbons (Fsp3) is 0.182. The van der Waals surface area contributed by atoms with Crippen molar-refractivity contribution in [1.82, 2.24) is 4.98 Å². The topological polar surface area (TPSA) is 22.1 Å². The van der Waals surface area contributed by atoms with E-state index in [9.17, 15) is 0 Å². The van der Waals surface area contributed by atoms with Gasteiger partial charge in [0.25, 0.3) is 0 Å². The monoisotopic (exact) mass is 275 g/mol. The summed E-state index contributed by atoms with van der Waals surface area (Å²) >= 11 is 17.8. The normalized spacial score (nSPS) is 10.8. The maximum Gasteiger partial charge on any atom is 0.145 e. The molecular weight excluding hydrogens is 268 g/mol. The Labute approximate surface area is 108 Å². The largest absolute Gasteiger partial charge is 0.494 e. The molecule has 0 radical (unpaired) electrons. The molecule has 0 aliphatic rings. The molecule has 0 aliphatic carbocycles. The molecule has 0 spiro atoms. The highest BCUT2D eigenvalue weighted by atomic mass is 35.5. The molecule has 0 saturated carbocycles. The Hall–Kier alpha value is -0.700. The number of nitrogens with zero attached hydrogens (tertiary/aromatic N) is 1. The van der Waals surface area contributed by atoms with E-state index in [-0.39, 0.29) is 0 Å². The first-order valence-corrected chi connectivity index (χ1v) is 5.84. The number of hydrogen-bond donors (Lipinski definition) is 0. The zero-order chi connectivity index (χ0) is 11.7. The maximum atomic E-state index is 6.09. The van der Waals surface area contributed by atoms with E-state index in [0.717, 1.165) is 10.9 Å². The summed E-state index contributed by atoms with van der Waals surface area (Å²) in [5.74, 6) is 0.942. The van der Waals surface area contributed by atoms with E-state index < -0.39 is 0 Å². The molecule has 2 nitrogen and oxygen atoms in total. The zero-order valence-corrected chi connectivity index (χ0v) is 10.7. The zero-order valence-electron chi connectivity index (χ0n) is 8.43. The molecule has 16 heavy (non-hydrogen) atoms. The molecule has 0 amide bonds. The SMILES string of the molecule is COc1ccc(Cl)c2cc(CCl)c(Cl)nc12. The van der Waals surface area contributed by atoms with E-state index in [1.807, 2.05) is 6.07 Å². The van der Waals surface area contributed by atoms with Gasteiger partial charge in [-0.2, -0.15) is 0 Å². The molecule has 0 unspecified atom stereocenters. The second-order valence-corrected chi connectivity index (χ2v) is 4.25. The average molecular weight is 277 g/mol. The van der Waals surface area contributed by atoms with Gasteiger partial charge in [0.2, 0.25) is 0 Å². The molecule has 1 aromatic carbocycles. The summed E-state index contributed by atoms with van der Waals surface area (Å²) in [6, 6.07) is 5.35. The van der Waals surface area contributed by atoms with Crippen molar-refractivity contribution < 1.29 is 4.74 Å². The first kappa shape index (κ1) is 11.8. The van der Waals surface area contributed by atoms with Crippen molar-refractivity contribution >= 4 is 45.7 Å². The summed E-state index contributed by atoms with van der Waals surface area (Å²) in [5.41, 5.74) is 1.40. The summed E-state index contributed by atoms with van der Waals surface area (Å²) in [7, 11) is 1.58. The Bertz CT molecular complexity index is 542. The van der Waals surface area contributed by atoms with Crippen LogP contribution in [-0.4, -0.2) is 12.1 Å². The number of methoxy groups -OCH3 is 1. The van der Waals surface area contributed by atoms with Crippen LogP contribution in [-0.2, 0) is 5.88 Å². The van der Waals surface area contributed by atoms with Gasteiger partial charge in [0.1, 0.15) is 16.4 Å². The minimum Gasteiger partial charge on any atom is -0.494 e. The van der Waals surface area contributed by atoms with Crippen LogP contribution in [0, 0.1) is 0 Å². The van der Waals surface area contributed by atoms with Crippen LogP contribution >= 0.6 is 34.8 Å². The number of benzene rings is 1. The van der Waals surface area contributed by atoms with Crippen LogP contribution in [0.3, 0.4) is 0 Å². The molecule has 84 valence electrons. The van der Waals surface area contributed by atoms with E-state index in [2.05, 4.69) is 4.98 Å². The van der Waals surface area contributed by atoms with Crippen molar-refractivity contribution in [1.29, 1.82) is 0 Å². The number of halogens is 3. The third-order valence-electron chi connectivity index (χ3n) is 2.28. The summed E-state index contributed by atoms with van der Waals surface area (Å²) < 4.78 is 5.20. The molecule has 0 atom stereocenters. The third-order valence-corrected chi connectivity index (χ3v) is 3.23. The maximum absolute atomic E-state index is 6.09. The van der Waals surface area contributed by atoms with E-state index in [4.69, 9.17) is 39.5 Å². The van der Waals surface area contributed by atoms with Crippen molar-refractivity contribution in [3.8, 4) is 5.75 Å². The van der Waals surface area contributed by atoms with E-state index in [1.165, 1.54) is 0 Å². The highest BCUT2D eigenvalue weighted by Gasteiger charge is 2.10. The number of ether oxygens (including phenoxy) is 1. The molecule has 0 fully saturated rings. The molecule has 1 aromatic heterocycles. The summed E-state index contributed by atoms with van der Waals surface area (Å²) in [6.07, 6.45) is 0. The second kappa shape index (κ2) is 4.66. The lowest BCUT2D eigenvalue weighted by atomic mass is 10.1. The third kappa shape index (κ3) is 1.93. The molecule has 1 heterocycles. The van der Waals surface area contributed by atoms with Gasteiger partial charge in [0, 0.05) is 10.9 Å². The quantitative estimate of drug-likeness (QED) is 0.603. The molecule has 0 saturated heterocycles. The van der Waals surface area contributed by atoms with Gasteiger partial charge in [0.15, 0.2) is 0 Å². The molecule has 0 aliphatic heterocycles. The van der Waals surface area contributed by atoms with Crippen LogP contribution in [0.2, 0.25) is 10.2 Å². The first-order chi connectivity index (χ1) is 7.67. The Balaban J connectivity index is 2.82. The number of hydrogen-bond acceptors (Lipinski definition) is 2. The summed E-state index contributed by atoms with van der Waals surface area (Å²) in [4.78, 5) is 4.25. The first-order valence-electron chi connectivity index (χ1n) is 4.55. The predicted molar refractivity (Wildman–Crippen MR) is 67.9 cm³/mol. The minimum absolute atomic E-state index is 0.301. The van der Waals surface area contributed by atoms with Gasteiger partial charge in [-0.3, -0.25) is 0 Å². The summed E-state index contributed by atoms with van der Waals surface area (Å²) in [6.45, 7) is 0. The van der Waals surface area contributed by atoms with Crippen LogP contribution in [0.25, 0.3) is 10.9 Å². The van der Waals surface area contributed by atoms with Gasteiger partial charge in [-0.1, -0.05) is 23.2 Å². The lowest BCUT2D eigenvalue weighted by molar-refractivity contribution is 0.419.